The van der Waals surface area contributed by atoms with Crippen molar-refractivity contribution in [3.05, 3.63) is 0 Å². The molecule has 1 atom stereocenters. The van der Waals surface area contributed by atoms with Crippen LogP contribution in [0.1, 0.15) is 20.8 Å². The molecule has 0 aromatic rings. The van der Waals surface area contributed by atoms with Crippen LogP contribution in [0.4, 0.5) is 13.2 Å². The number of alkyl halides is 3. The van der Waals surface area contributed by atoms with Crippen molar-refractivity contribution in [1.82, 2.24) is 0 Å². The average Bonchev–Trinajstić information content (AvgIpc) is 1.83. The Kier molecular flexibility index (Phi) is 3.17. The van der Waals surface area contributed by atoms with Crippen molar-refractivity contribution in [1.29, 1.82) is 0 Å². The second kappa shape index (κ2) is 3.24. The molecule has 0 spiro atoms. The Morgan fingerprint density at radius 2 is 1.42 bits per heavy atom. The molecule has 0 heterocycles. The summed E-state index contributed by atoms with van der Waals surface area (Å²) in [7, 11) is -4.98. The average molecular weight is 204 g/mol. The van der Waals surface area contributed by atoms with E-state index >= 15 is 0 Å². The molecular weight excluding hydrogens is 193 g/mol. The van der Waals surface area contributed by atoms with E-state index < -0.39 is 26.5 Å². The molecule has 0 aliphatic carbocycles. The van der Waals surface area contributed by atoms with E-state index in [1.807, 2.05) is 0 Å². The van der Waals surface area contributed by atoms with Gasteiger partial charge in [0, 0.05) is 0 Å². The van der Waals surface area contributed by atoms with Crippen LogP contribution in [0, 0.1) is 5.92 Å². The zero-order valence-corrected chi connectivity index (χ0v) is 7.83. The third kappa shape index (κ3) is 2.12. The molecule has 0 aliphatic rings. The van der Waals surface area contributed by atoms with Crippen LogP contribution >= 0.6 is 0 Å². The summed E-state index contributed by atoms with van der Waals surface area (Å²) in [5, 5.41) is -1.38. The van der Waals surface area contributed by atoms with Gasteiger partial charge < -0.3 is 0 Å². The molecule has 0 aliphatic heterocycles. The maximum absolute atomic E-state index is 11.9. The molecule has 1 unspecified atom stereocenters. The van der Waals surface area contributed by atoms with Gasteiger partial charge in [-0.15, -0.1) is 0 Å². The lowest BCUT2D eigenvalue weighted by molar-refractivity contribution is -0.0447. The standard InChI is InChI=1S/C6H11F3O2S/c1-4(2)5(3)12(10,11)6(7,8)9/h4-5H,1-3H3. The normalized spacial score (nSPS) is 16.6. The fourth-order valence-electron chi connectivity index (χ4n) is 0.569. The molecular formula is C6H11F3O2S. The molecule has 0 saturated heterocycles. The SMILES string of the molecule is CC(C)C(C)S(=O)(=O)C(F)(F)F. The van der Waals surface area contributed by atoms with E-state index in [0.29, 0.717) is 0 Å². The molecule has 0 rings (SSSR count). The predicted octanol–water partition coefficient (Wildman–Crippen LogP) is 1.97. The van der Waals surface area contributed by atoms with Gasteiger partial charge in [-0.1, -0.05) is 13.8 Å². The van der Waals surface area contributed by atoms with E-state index in [0.717, 1.165) is 6.92 Å². The third-order valence-electron chi connectivity index (χ3n) is 1.75. The first-order valence-electron chi connectivity index (χ1n) is 3.41. The van der Waals surface area contributed by atoms with Crippen LogP contribution in [-0.2, 0) is 9.84 Å². The van der Waals surface area contributed by atoms with E-state index in [-0.39, 0.29) is 0 Å². The van der Waals surface area contributed by atoms with Crippen molar-refractivity contribution in [2.45, 2.75) is 31.5 Å². The quantitative estimate of drug-likeness (QED) is 0.689. The molecule has 0 radical (unpaired) electrons. The largest absolute Gasteiger partial charge is 0.497 e. The molecule has 0 N–H and O–H groups in total. The maximum Gasteiger partial charge on any atom is 0.497 e. The number of hydrogen-bond donors (Lipinski definition) is 0. The molecule has 0 aromatic carbocycles. The predicted molar refractivity (Wildman–Crippen MR) is 39.3 cm³/mol. The highest BCUT2D eigenvalue weighted by molar-refractivity contribution is 7.92. The molecule has 74 valence electrons. The van der Waals surface area contributed by atoms with E-state index in [1.54, 1.807) is 0 Å². The van der Waals surface area contributed by atoms with Gasteiger partial charge in [-0.3, -0.25) is 0 Å². The minimum atomic E-state index is -5.13. The van der Waals surface area contributed by atoms with Crippen LogP contribution in [0.5, 0.6) is 0 Å². The van der Waals surface area contributed by atoms with Gasteiger partial charge in [-0.2, -0.15) is 13.2 Å². The molecule has 0 amide bonds. The van der Waals surface area contributed by atoms with E-state index in [4.69, 9.17) is 0 Å². The van der Waals surface area contributed by atoms with E-state index in [1.165, 1.54) is 13.8 Å². The molecule has 2 nitrogen and oxygen atoms in total. The molecule has 12 heavy (non-hydrogen) atoms. The summed E-state index contributed by atoms with van der Waals surface area (Å²) in [6.07, 6.45) is 0. The Morgan fingerprint density at radius 3 is 1.50 bits per heavy atom. The van der Waals surface area contributed by atoms with Crippen LogP contribution in [0.3, 0.4) is 0 Å². The Balaban J connectivity index is 4.89. The Hall–Kier alpha value is -0.260. The smallest absolute Gasteiger partial charge is 0.219 e. The number of halogens is 3. The molecule has 0 aromatic heterocycles. The van der Waals surface area contributed by atoms with Crippen LogP contribution in [0.15, 0.2) is 0 Å². The lowest BCUT2D eigenvalue weighted by Gasteiger charge is -2.17. The summed E-state index contributed by atoms with van der Waals surface area (Å²) < 4.78 is 56.9. The summed E-state index contributed by atoms with van der Waals surface area (Å²) in [5.41, 5.74) is -5.13. The second-order valence-corrected chi connectivity index (χ2v) is 5.24. The van der Waals surface area contributed by atoms with Crippen molar-refractivity contribution in [2.75, 3.05) is 0 Å². The van der Waals surface area contributed by atoms with Crippen molar-refractivity contribution in [3.63, 3.8) is 0 Å². The van der Waals surface area contributed by atoms with Gasteiger partial charge in [0.25, 0.3) is 9.84 Å². The fraction of sp³-hybridized carbons (Fsp3) is 1.00. The van der Waals surface area contributed by atoms with Gasteiger partial charge in [-0.05, 0) is 12.8 Å². The maximum atomic E-state index is 11.9. The molecule has 0 fully saturated rings. The van der Waals surface area contributed by atoms with E-state index in [2.05, 4.69) is 0 Å². The van der Waals surface area contributed by atoms with Crippen molar-refractivity contribution in [2.24, 2.45) is 5.92 Å². The first kappa shape index (κ1) is 11.7. The number of sulfone groups is 1. The summed E-state index contributed by atoms with van der Waals surface area (Å²) in [4.78, 5) is 0. The first-order valence-corrected chi connectivity index (χ1v) is 4.95. The summed E-state index contributed by atoms with van der Waals surface area (Å²) >= 11 is 0. The monoisotopic (exact) mass is 204 g/mol. The van der Waals surface area contributed by atoms with E-state index in [9.17, 15) is 21.6 Å². The topological polar surface area (TPSA) is 34.1 Å². The van der Waals surface area contributed by atoms with Gasteiger partial charge in [0.1, 0.15) is 0 Å². The number of rotatable bonds is 2. The zero-order valence-electron chi connectivity index (χ0n) is 7.01. The summed E-state index contributed by atoms with van der Waals surface area (Å²) in [5.74, 6) is -0.531. The Morgan fingerprint density at radius 1 is 1.08 bits per heavy atom. The molecule has 0 saturated carbocycles. The van der Waals surface area contributed by atoms with Gasteiger partial charge in [0.15, 0.2) is 0 Å². The second-order valence-electron chi connectivity index (χ2n) is 2.94. The fourth-order valence-corrected chi connectivity index (χ4v) is 1.71. The van der Waals surface area contributed by atoms with Gasteiger partial charge in [0.2, 0.25) is 0 Å². The van der Waals surface area contributed by atoms with Crippen molar-refractivity contribution in [3.8, 4) is 0 Å². The minimum absolute atomic E-state index is 0.531. The van der Waals surface area contributed by atoms with Crippen molar-refractivity contribution < 1.29 is 21.6 Å². The van der Waals surface area contributed by atoms with Crippen LogP contribution < -0.4 is 0 Å². The van der Waals surface area contributed by atoms with Crippen LogP contribution in [0.25, 0.3) is 0 Å². The highest BCUT2D eigenvalue weighted by Crippen LogP contribution is 2.29. The lowest BCUT2D eigenvalue weighted by Crippen LogP contribution is -2.35. The number of hydrogen-bond acceptors (Lipinski definition) is 2. The van der Waals surface area contributed by atoms with Gasteiger partial charge >= 0.3 is 5.51 Å². The first-order chi connectivity index (χ1) is 5.10. The minimum Gasteiger partial charge on any atom is -0.219 e. The van der Waals surface area contributed by atoms with Crippen molar-refractivity contribution >= 4 is 9.84 Å². The van der Waals surface area contributed by atoms with Gasteiger partial charge in [0.05, 0.1) is 5.25 Å². The summed E-state index contributed by atoms with van der Waals surface area (Å²) in [6, 6.07) is 0. The summed E-state index contributed by atoms with van der Waals surface area (Å²) in [6.45, 7) is 3.94. The van der Waals surface area contributed by atoms with Crippen LogP contribution in [-0.4, -0.2) is 19.2 Å². The molecule has 0 bridgehead atoms. The highest BCUT2D eigenvalue weighted by atomic mass is 32.2. The third-order valence-corrected chi connectivity index (χ3v) is 3.92. The molecule has 6 heteroatoms. The lowest BCUT2D eigenvalue weighted by atomic mass is 10.2. The van der Waals surface area contributed by atoms with Gasteiger partial charge in [-0.25, -0.2) is 8.42 Å². The zero-order chi connectivity index (χ0) is 10.2. The highest BCUT2D eigenvalue weighted by Gasteiger charge is 2.49. The Labute approximate surface area is 69.7 Å². The Bertz CT molecular complexity index is 240. The van der Waals surface area contributed by atoms with Crippen LogP contribution in [0.2, 0.25) is 0 Å².